The summed E-state index contributed by atoms with van der Waals surface area (Å²) >= 11 is 0. The molecule has 124 valence electrons. The van der Waals surface area contributed by atoms with Gasteiger partial charge in [-0.1, -0.05) is 24.3 Å². The van der Waals surface area contributed by atoms with E-state index in [4.69, 9.17) is 14.6 Å². The molecule has 0 aliphatic heterocycles. The highest BCUT2D eigenvalue weighted by atomic mass is 16.5. The van der Waals surface area contributed by atoms with E-state index in [1.807, 2.05) is 43.3 Å². The van der Waals surface area contributed by atoms with Crippen LogP contribution in [0.4, 0.5) is 0 Å². The number of benzene rings is 2. The highest BCUT2D eigenvalue weighted by molar-refractivity contribution is 5.88. The Kier molecular flexibility index (Phi) is 6.38. The van der Waals surface area contributed by atoms with Crippen LogP contribution >= 0.6 is 0 Å². The summed E-state index contributed by atoms with van der Waals surface area (Å²) in [6, 6.07) is 11.9. The van der Waals surface area contributed by atoms with Gasteiger partial charge in [0.1, 0.15) is 5.75 Å². The third-order valence-electron chi connectivity index (χ3n) is 3.75. The maximum atomic E-state index is 12.2. The van der Waals surface area contributed by atoms with Gasteiger partial charge in [0.2, 0.25) is 5.91 Å². The molecule has 0 heterocycles. The summed E-state index contributed by atoms with van der Waals surface area (Å²) in [5.74, 6) is 0.545. The Morgan fingerprint density at radius 2 is 1.91 bits per heavy atom. The van der Waals surface area contributed by atoms with E-state index >= 15 is 0 Å². The van der Waals surface area contributed by atoms with Gasteiger partial charge in [-0.05, 0) is 35.4 Å². The van der Waals surface area contributed by atoms with Crippen LogP contribution in [0.2, 0.25) is 0 Å². The zero-order valence-electron chi connectivity index (χ0n) is 13.5. The second-order valence-electron chi connectivity index (χ2n) is 5.32. The summed E-state index contributed by atoms with van der Waals surface area (Å²) in [6.07, 6.45) is 0. The molecule has 0 bridgehead atoms. The quantitative estimate of drug-likeness (QED) is 0.732. The Balaban J connectivity index is 1.99. The van der Waals surface area contributed by atoms with Crippen LogP contribution < -0.4 is 10.1 Å². The van der Waals surface area contributed by atoms with E-state index in [0.29, 0.717) is 19.8 Å². The number of fused-ring (bicyclic) bond motifs is 1. The predicted octanol–water partition coefficient (Wildman–Crippen LogP) is 2.08. The second-order valence-corrected chi connectivity index (χ2v) is 5.32. The summed E-state index contributed by atoms with van der Waals surface area (Å²) < 4.78 is 10.3. The number of ether oxygens (including phenoxy) is 2. The molecule has 2 aromatic carbocycles. The highest BCUT2D eigenvalue weighted by Crippen LogP contribution is 2.25. The minimum absolute atomic E-state index is 0.00771. The summed E-state index contributed by atoms with van der Waals surface area (Å²) in [4.78, 5) is 12.2. The van der Waals surface area contributed by atoms with Gasteiger partial charge < -0.3 is 19.9 Å². The first-order valence-corrected chi connectivity index (χ1v) is 7.69. The first kappa shape index (κ1) is 17.2. The number of amides is 1. The monoisotopic (exact) mass is 317 g/mol. The van der Waals surface area contributed by atoms with Gasteiger partial charge in [0, 0.05) is 6.54 Å². The van der Waals surface area contributed by atoms with Gasteiger partial charge in [-0.25, -0.2) is 0 Å². The fourth-order valence-corrected chi connectivity index (χ4v) is 2.36. The Morgan fingerprint density at radius 3 is 2.65 bits per heavy atom. The zero-order chi connectivity index (χ0) is 16.7. The third kappa shape index (κ3) is 4.68. The molecule has 1 amide bonds. The van der Waals surface area contributed by atoms with E-state index in [2.05, 4.69) is 5.32 Å². The molecular formula is C18H23NO4. The molecular weight excluding hydrogens is 294 g/mol. The van der Waals surface area contributed by atoms with Gasteiger partial charge in [-0.2, -0.15) is 0 Å². The number of methoxy groups -OCH3 is 1. The smallest absolute Gasteiger partial charge is 0.227 e. The van der Waals surface area contributed by atoms with Crippen LogP contribution in [0.25, 0.3) is 10.8 Å². The predicted molar refractivity (Wildman–Crippen MR) is 89.8 cm³/mol. The van der Waals surface area contributed by atoms with Crippen molar-refractivity contribution >= 4 is 16.7 Å². The molecule has 0 saturated carbocycles. The van der Waals surface area contributed by atoms with Gasteiger partial charge >= 0.3 is 0 Å². The number of nitrogens with one attached hydrogen (secondary N) is 1. The lowest BCUT2D eigenvalue weighted by Gasteiger charge is -2.13. The van der Waals surface area contributed by atoms with E-state index in [9.17, 15) is 4.79 Å². The average molecular weight is 317 g/mol. The zero-order valence-corrected chi connectivity index (χ0v) is 13.5. The van der Waals surface area contributed by atoms with Crippen LogP contribution in [0.15, 0.2) is 36.4 Å². The van der Waals surface area contributed by atoms with Gasteiger partial charge in [0.15, 0.2) is 0 Å². The lowest BCUT2D eigenvalue weighted by atomic mass is 9.97. The number of rotatable bonds is 8. The van der Waals surface area contributed by atoms with Gasteiger partial charge in [0.25, 0.3) is 0 Å². The van der Waals surface area contributed by atoms with Crippen molar-refractivity contribution in [1.29, 1.82) is 0 Å². The molecule has 0 spiro atoms. The number of hydrogen-bond donors (Lipinski definition) is 2. The lowest BCUT2D eigenvalue weighted by molar-refractivity contribution is -0.122. The van der Waals surface area contributed by atoms with Crippen LogP contribution in [0, 0.1) is 0 Å². The molecule has 0 saturated heterocycles. The fraction of sp³-hybridized carbons (Fsp3) is 0.389. The largest absolute Gasteiger partial charge is 0.497 e. The Morgan fingerprint density at radius 1 is 1.17 bits per heavy atom. The van der Waals surface area contributed by atoms with Gasteiger partial charge in [-0.15, -0.1) is 0 Å². The van der Waals surface area contributed by atoms with E-state index < -0.39 is 0 Å². The minimum Gasteiger partial charge on any atom is -0.497 e. The minimum atomic E-state index is -0.237. The molecule has 2 N–H and O–H groups in total. The fourth-order valence-electron chi connectivity index (χ4n) is 2.36. The third-order valence-corrected chi connectivity index (χ3v) is 3.75. The molecule has 5 nitrogen and oxygen atoms in total. The topological polar surface area (TPSA) is 67.8 Å². The summed E-state index contributed by atoms with van der Waals surface area (Å²) in [5, 5.41) is 13.6. The maximum Gasteiger partial charge on any atom is 0.227 e. The van der Waals surface area contributed by atoms with Crippen LogP contribution in [-0.4, -0.2) is 44.5 Å². The van der Waals surface area contributed by atoms with Crippen molar-refractivity contribution in [2.75, 3.05) is 33.5 Å². The highest BCUT2D eigenvalue weighted by Gasteiger charge is 2.15. The summed E-state index contributed by atoms with van der Waals surface area (Å²) in [7, 11) is 1.65. The van der Waals surface area contributed by atoms with Crippen molar-refractivity contribution in [2.45, 2.75) is 12.8 Å². The molecule has 5 heteroatoms. The Labute approximate surface area is 136 Å². The second kappa shape index (κ2) is 8.50. The summed E-state index contributed by atoms with van der Waals surface area (Å²) in [5.41, 5.74) is 0.969. The standard InChI is InChI=1S/C18H23NO4/c1-13(18(21)19-7-9-23-10-8-20)14-3-4-16-12-17(22-2)6-5-15(16)11-14/h3-6,11-13,20H,7-10H2,1-2H3,(H,19,21)/t13-/m0/s1. The Hall–Kier alpha value is -2.11. The molecule has 23 heavy (non-hydrogen) atoms. The van der Waals surface area contributed by atoms with Crippen molar-refractivity contribution in [2.24, 2.45) is 0 Å². The molecule has 0 aliphatic carbocycles. The molecule has 0 aromatic heterocycles. The van der Waals surface area contributed by atoms with Gasteiger partial charge in [-0.3, -0.25) is 4.79 Å². The number of hydrogen-bond acceptors (Lipinski definition) is 4. The first-order chi connectivity index (χ1) is 11.2. The van der Waals surface area contributed by atoms with Crippen LogP contribution in [0.5, 0.6) is 5.75 Å². The van der Waals surface area contributed by atoms with E-state index in [1.54, 1.807) is 7.11 Å². The summed E-state index contributed by atoms with van der Waals surface area (Å²) in [6.45, 7) is 3.00. The molecule has 1 atom stereocenters. The van der Waals surface area contributed by atoms with Crippen molar-refractivity contribution < 1.29 is 19.4 Å². The van der Waals surface area contributed by atoms with E-state index in [0.717, 1.165) is 22.1 Å². The van der Waals surface area contributed by atoms with Crippen LogP contribution in [-0.2, 0) is 9.53 Å². The van der Waals surface area contributed by atoms with E-state index in [-0.39, 0.29) is 18.4 Å². The average Bonchev–Trinajstić information content (AvgIpc) is 2.59. The van der Waals surface area contributed by atoms with E-state index in [1.165, 1.54) is 0 Å². The maximum absolute atomic E-state index is 12.2. The van der Waals surface area contributed by atoms with Crippen molar-refractivity contribution in [3.05, 3.63) is 42.0 Å². The molecule has 0 aliphatic rings. The normalized spacial score (nSPS) is 12.1. The molecule has 0 unspecified atom stereocenters. The molecule has 2 rings (SSSR count). The van der Waals surface area contributed by atoms with Crippen LogP contribution in [0.1, 0.15) is 18.4 Å². The number of carbonyl (C=O) groups is 1. The number of aliphatic hydroxyl groups excluding tert-OH is 1. The SMILES string of the molecule is COc1ccc2cc([C@H](C)C(=O)NCCOCCO)ccc2c1. The number of carbonyl (C=O) groups excluding carboxylic acids is 1. The molecule has 0 radical (unpaired) electrons. The van der Waals surface area contributed by atoms with Crippen LogP contribution in [0.3, 0.4) is 0 Å². The molecule has 0 fully saturated rings. The van der Waals surface area contributed by atoms with Crippen molar-refractivity contribution in [3.63, 3.8) is 0 Å². The molecule has 2 aromatic rings. The Bertz CT molecular complexity index is 657. The first-order valence-electron chi connectivity index (χ1n) is 7.69. The van der Waals surface area contributed by atoms with Gasteiger partial charge in [0.05, 0.1) is 32.8 Å². The van der Waals surface area contributed by atoms with Crippen molar-refractivity contribution in [1.82, 2.24) is 5.32 Å². The van der Waals surface area contributed by atoms with Crippen molar-refractivity contribution in [3.8, 4) is 5.75 Å². The number of aliphatic hydroxyl groups is 1. The lowest BCUT2D eigenvalue weighted by Crippen LogP contribution is -2.31.